The van der Waals surface area contributed by atoms with E-state index in [1.807, 2.05) is 13.8 Å². The summed E-state index contributed by atoms with van der Waals surface area (Å²) >= 11 is 0. The topological polar surface area (TPSA) is 219 Å². The summed E-state index contributed by atoms with van der Waals surface area (Å²) in [6, 6.07) is 25.9. The van der Waals surface area contributed by atoms with Gasteiger partial charge in [0.05, 0.1) is 17.8 Å². The predicted octanol–water partition coefficient (Wildman–Crippen LogP) is 2.33. The van der Waals surface area contributed by atoms with Crippen LogP contribution >= 0.6 is 0 Å². The van der Waals surface area contributed by atoms with Gasteiger partial charge in [0.15, 0.2) is 0 Å². The van der Waals surface area contributed by atoms with E-state index in [0.29, 0.717) is 59.8 Å². The summed E-state index contributed by atoms with van der Waals surface area (Å²) in [5.41, 5.74) is 9.78. The largest absolute Gasteiger partial charge is 0.384 e. The quantitative estimate of drug-likeness (QED) is 0.102. The molecule has 16 heteroatoms. The number of amidine groups is 1. The number of anilines is 2. The average Bonchev–Trinajstić information content (AvgIpc) is 3.23. The molecule has 0 aliphatic carbocycles. The first-order valence-electron chi connectivity index (χ1n) is 19.6. The molecule has 1 saturated heterocycles. The normalized spacial score (nSPS) is 23.1. The molecule has 0 saturated carbocycles. The van der Waals surface area contributed by atoms with Crippen molar-refractivity contribution in [2.75, 3.05) is 36.8 Å². The molecule has 0 aromatic heterocycles. The van der Waals surface area contributed by atoms with Gasteiger partial charge in [0, 0.05) is 56.1 Å². The number of hydrogen-bond donors (Lipinski definition) is 7. The van der Waals surface area contributed by atoms with Crippen LogP contribution in [0.4, 0.5) is 11.4 Å². The molecule has 310 valence electrons. The molecule has 6 aliphatic rings. The Morgan fingerprint density at radius 2 is 1.22 bits per heavy atom. The Balaban J connectivity index is 1.30. The second-order valence-corrected chi connectivity index (χ2v) is 16.8. The first kappa shape index (κ1) is 42.7. The SMILES string of the molecule is CC1C(=O)Nc2ccc(cc2)CC(NS(=O)(=O)Cc2ccccc2)C(=O)N[C@H](C(=O)NCc2ccc(C(=N)N)cc2)Cc2ccc(cc2)NC(=O)C(C)N2CCN1CC2. The van der Waals surface area contributed by atoms with Crippen LogP contribution in [0, 0.1) is 5.41 Å². The molecular weight excluding hydrogens is 771 g/mol. The van der Waals surface area contributed by atoms with Gasteiger partial charge in [0.2, 0.25) is 33.7 Å². The van der Waals surface area contributed by atoms with Gasteiger partial charge in [-0.2, -0.15) is 0 Å². The molecule has 4 aromatic rings. The van der Waals surface area contributed by atoms with Crippen molar-refractivity contribution in [1.82, 2.24) is 25.2 Å². The summed E-state index contributed by atoms with van der Waals surface area (Å²) in [5, 5.41) is 19.3. The maximum absolute atomic E-state index is 14.3. The number of sulfonamides is 1. The molecule has 4 amide bonds. The summed E-state index contributed by atoms with van der Waals surface area (Å²) in [4.78, 5) is 59.0. The van der Waals surface area contributed by atoms with Crippen LogP contribution in [0.1, 0.15) is 41.7 Å². The standard InChI is InChI=1S/C43H51N9O6S/c1-28-40(53)47-35-16-10-30(11-17-35)24-37(42(55)46-26-32-8-14-34(15-9-32)39(44)45)49-43(56)38(50-59(57,58)27-33-6-4-3-5-7-33)25-31-12-18-36(19-13-31)48-41(54)29(2)52-22-20-51(28)21-23-52/h3-19,28-29,37-38,50H,20-27H2,1-2H3,(H3,44,45)(H,46,55)(H,47,53)(H,48,54)(H,49,56)/t28?,29?,37-,38?/m0/s1. The highest BCUT2D eigenvalue weighted by molar-refractivity contribution is 7.88. The fourth-order valence-corrected chi connectivity index (χ4v) is 8.43. The zero-order chi connectivity index (χ0) is 42.1. The van der Waals surface area contributed by atoms with E-state index in [9.17, 15) is 27.6 Å². The van der Waals surface area contributed by atoms with Gasteiger partial charge in [-0.05, 0) is 66.8 Å². The molecule has 6 heterocycles. The number of benzene rings is 4. The minimum Gasteiger partial charge on any atom is -0.384 e. The smallest absolute Gasteiger partial charge is 0.243 e. The van der Waals surface area contributed by atoms with Crippen LogP contribution in [-0.4, -0.2) is 98.0 Å². The maximum Gasteiger partial charge on any atom is 0.243 e. The van der Waals surface area contributed by atoms with Crippen LogP contribution in [-0.2, 0) is 54.3 Å². The number of carbonyl (C=O) groups excluding carboxylic acids is 4. The molecule has 8 N–H and O–H groups in total. The van der Waals surface area contributed by atoms with Crippen LogP contribution in [0.5, 0.6) is 0 Å². The maximum atomic E-state index is 14.3. The number of nitrogens with two attached hydrogens (primary N) is 1. The number of piperazine rings is 1. The average molecular weight is 822 g/mol. The van der Waals surface area contributed by atoms with Gasteiger partial charge in [-0.1, -0.05) is 78.9 Å². The number of amides is 4. The highest BCUT2D eigenvalue weighted by atomic mass is 32.2. The summed E-state index contributed by atoms with van der Waals surface area (Å²) in [6.45, 7) is 6.21. The van der Waals surface area contributed by atoms with Crippen LogP contribution in [0.25, 0.3) is 0 Å². The monoisotopic (exact) mass is 821 g/mol. The molecule has 6 aliphatic heterocycles. The number of fused-ring (bicyclic) bond motifs is 1. The fourth-order valence-electron chi connectivity index (χ4n) is 7.09. The van der Waals surface area contributed by atoms with E-state index < -0.39 is 46.0 Å². The van der Waals surface area contributed by atoms with Crippen molar-refractivity contribution in [3.05, 3.63) is 131 Å². The van der Waals surface area contributed by atoms with Gasteiger partial charge in [-0.3, -0.25) is 34.4 Å². The third kappa shape index (κ3) is 11.8. The predicted molar refractivity (Wildman–Crippen MR) is 227 cm³/mol. The minimum absolute atomic E-state index is 0.0477. The molecule has 59 heavy (non-hydrogen) atoms. The Kier molecular flexibility index (Phi) is 13.9. The Hall–Kier alpha value is -5.94. The molecular formula is C43H51N9O6S. The number of nitrogen functional groups attached to an aromatic ring is 1. The summed E-state index contributed by atoms with van der Waals surface area (Å²) in [5.74, 6) is -2.07. The number of carbonyl (C=O) groups is 4. The lowest BCUT2D eigenvalue weighted by Gasteiger charge is -2.39. The van der Waals surface area contributed by atoms with Gasteiger partial charge in [0.1, 0.15) is 17.9 Å². The molecule has 4 atom stereocenters. The third-order valence-corrected chi connectivity index (χ3v) is 12.1. The Morgan fingerprint density at radius 3 is 1.73 bits per heavy atom. The number of hydrogen-bond acceptors (Lipinski definition) is 9. The van der Waals surface area contributed by atoms with E-state index in [-0.39, 0.29) is 42.8 Å². The summed E-state index contributed by atoms with van der Waals surface area (Å²) in [7, 11) is -4.06. The first-order chi connectivity index (χ1) is 28.2. The Morgan fingerprint density at radius 1 is 0.712 bits per heavy atom. The van der Waals surface area contributed by atoms with E-state index in [0.717, 1.165) is 5.56 Å². The lowest BCUT2D eigenvalue weighted by molar-refractivity contribution is -0.129. The van der Waals surface area contributed by atoms with E-state index >= 15 is 0 Å². The summed E-state index contributed by atoms with van der Waals surface area (Å²) in [6.07, 6.45) is -0.00945. The van der Waals surface area contributed by atoms with Gasteiger partial charge < -0.3 is 27.0 Å². The van der Waals surface area contributed by atoms with Crippen molar-refractivity contribution in [2.24, 2.45) is 5.73 Å². The number of rotatable bonds is 8. The van der Waals surface area contributed by atoms with Crippen LogP contribution in [0.2, 0.25) is 0 Å². The second-order valence-electron chi connectivity index (χ2n) is 15.0. The lowest BCUT2D eigenvalue weighted by Crippen LogP contribution is -2.56. The van der Waals surface area contributed by atoms with Crippen molar-refractivity contribution in [1.29, 1.82) is 5.41 Å². The second kappa shape index (κ2) is 19.2. The summed E-state index contributed by atoms with van der Waals surface area (Å²) < 4.78 is 29.7. The minimum atomic E-state index is -4.06. The van der Waals surface area contributed by atoms with Crippen molar-refractivity contribution in [3.63, 3.8) is 0 Å². The van der Waals surface area contributed by atoms with Gasteiger partial charge >= 0.3 is 0 Å². The van der Waals surface area contributed by atoms with E-state index in [1.54, 1.807) is 103 Å². The highest BCUT2D eigenvalue weighted by Gasteiger charge is 2.32. The molecule has 15 nitrogen and oxygen atoms in total. The van der Waals surface area contributed by atoms with Crippen molar-refractivity contribution in [2.45, 2.75) is 63.2 Å². The van der Waals surface area contributed by atoms with E-state index in [2.05, 4.69) is 35.8 Å². The van der Waals surface area contributed by atoms with Gasteiger partial charge in [-0.25, -0.2) is 13.1 Å². The third-order valence-electron chi connectivity index (χ3n) is 10.7. The molecule has 3 unspecified atom stereocenters. The van der Waals surface area contributed by atoms with E-state index in [1.165, 1.54) is 0 Å². The van der Waals surface area contributed by atoms with Gasteiger partial charge in [-0.15, -0.1) is 0 Å². The Labute approximate surface area is 344 Å². The van der Waals surface area contributed by atoms with Crippen LogP contribution < -0.4 is 31.7 Å². The zero-order valence-electron chi connectivity index (χ0n) is 33.1. The zero-order valence-corrected chi connectivity index (χ0v) is 33.9. The number of nitrogens with one attached hydrogen (secondary N) is 6. The van der Waals surface area contributed by atoms with Crippen molar-refractivity contribution >= 4 is 50.9 Å². The van der Waals surface area contributed by atoms with Crippen molar-refractivity contribution in [3.8, 4) is 0 Å². The molecule has 0 radical (unpaired) electrons. The molecule has 10 rings (SSSR count). The van der Waals surface area contributed by atoms with Gasteiger partial charge in [0.25, 0.3) is 0 Å². The molecule has 0 spiro atoms. The first-order valence-corrected chi connectivity index (χ1v) is 21.2. The highest BCUT2D eigenvalue weighted by Crippen LogP contribution is 2.18. The molecule has 1 fully saturated rings. The molecule has 4 aromatic carbocycles. The van der Waals surface area contributed by atoms with Crippen LogP contribution in [0.3, 0.4) is 0 Å². The fraction of sp³-hybridized carbons (Fsp3) is 0.326. The van der Waals surface area contributed by atoms with Crippen LogP contribution in [0.15, 0.2) is 103 Å². The van der Waals surface area contributed by atoms with E-state index in [4.69, 9.17) is 11.1 Å². The Bertz CT molecular complexity index is 2230. The lowest BCUT2D eigenvalue weighted by atomic mass is 10.0. The molecule has 6 bridgehead atoms. The van der Waals surface area contributed by atoms with Crippen molar-refractivity contribution < 1.29 is 27.6 Å². The number of nitrogens with zero attached hydrogens (tertiary/aromatic N) is 2.